The lowest BCUT2D eigenvalue weighted by Crippen LogP contribution is -2.53. The topological polar surface area (TPSA) is 116 Å². The molecule has 0 saturated carbocycles. The first-order valence-corrected chi connectivity index (χ1v) is 12.9. The van der Waals surface area contributed by atoms with Crippen molar-refractivity contribution in [3.63, 3.8) is 0 Å². The average Bonchev–Trinajstić information content (AvgIpc) is 3.48. The van der Waals surface area contributed by atoms with E-state index in [1.165, 1.54) is 9.13 Å². The highest BCUT2D eigenvalue weighted by molar-refractivity contribution is 5.91. The van der Waals surface area contributed by atoms with Gasteiger partial charge in [-0.3, -0.25) is 19.1 Å². The first-order chi connectivity index (χ1) is 19.4. The summed E-state index contributed by atoms with van der Waals surface area (Å²) in [5.41, 5.74) is 0.639. The Morgan fingerprint density at radius 1 is 1.05 bits per heavy atom. The van der Waals surface area contributed by atoms with Gasteiger partial charge in [0.05, 0.1) is 35.6 Å². The molecule has 5 aromatic heterocycles. The number of alkyl halides is 3. The van der Waals surface area contributed by atoms with E-state index in [2.05, 4.69) is 10.1 Å². The van der Waals surface area contributed by atoms with Crippen LogP contribution in [0.2, 0.25) is 0 Å². The number of aryl methyl sites for hydroxylation is 3. The van der Waals surface area contributed by atoms with Gasteiger partial charge in [-0.05, 0) is 19.1 Å². The first kappa shape index (κ1) is 26.7. The molecule has 14 heteroatoms. The molecule has 0 bridgehead atoms. The maximum atomic E-state index is 13.5. The zero-order valence-corrected chi connectivity index (χ0v) is 22.8. The smallest absolute Gasteiger partial charge is 0.417 e. The molecule has 1 aliphatic heterocycles. The maximum Gasteiger partial charge on any atom is 0.417 e. The molecule has 11 nitrogen and oxygen atoms in total. The van der Waals surface area contributed by atoms with Gasteiger partial charge in [-0.2, -0.15) is 18.3 Å². The van der Waals surface area contributed by atoms with Crippen molar-refractivity contribution in [3.05, 3.63) is 53.0 Å². The summed E-state index contributed by atoms with van der Waals surface area (Å²) in [6.07, 6.45) is -0.820. The van der Waals surface area contributed by atoms with Crippen LogP contribution in [-0.2, 0) is 14.1 Å². The molecule has 6 rings (SSSR count). The molecule has 0 aromatic carbocycles. The number of fused-ring (bicyclic) bond motifs is 2. The van der Waals surface area contributed by atoms with Crippen LogP contribution in [0.25, 0.3) is 39.0 Å². The Hall–Kier alpha value is -4.46. The monoisotopic (exact) mass is 568 g/mol. The average molecular weight is 569 g/mol. The summed E-state index contributed by atoms with van der Waals surface area (Å²) in [6.45, 7) is 1.66. The number of aromatic nitrogens is 7. The van der Waals surface area contributed by atoms with Crippen molar-refractivity contribution in [1.82, 2.24) is 33.9 Å². The zero-order valence-electron chi connectivity index (χ0n) is 22.8. The molecule has 1 saturated heterocycles. The van der Waals surface area contributed by atoms with E-state index in [1.54, 1.807) is 61.5 Å². The van der Waals surface area contributed by atoms with E-state index >= 15 is 0 Å². The number of pyridine rings is 3. The van der Waals surface area contributed by atoms with Gasteiger partial charge in [0, 0.05) is 69.6 Å². The van der Waals surface area contributed by atoms with Crippen molar-refractivity contribution in [2.75, 3.05) is 25.1 Å². The van der Waals surface area contributed by atoms with Crippen molar-refractivity contribution in [3.8, 4) is 22.8 Å². The molecule has 0 spiro atoms. The number of piperidine rings is 1. The Morgan fingerprint density at radius 2 is 1.78 bits per heavy atom. The molecular weight excluding hydrogens is 541 g/mol. The third-order valence-corrected chi connectivity index (χ3v) is 7.88. The highest BCUT2D eigenvalue weighted by atomic mass is 19.4. The van der Waals surface area contributed by atoms with Crippen LogP contribution in [0, 0.1) is 6.92 Å². The predicted molar refractivity (Wildman–Crippen MR) is 145 cm³/mol. The third-order valence-electron chi connectivity index (χ3n) is 7.88. The molecule has 5 aromatic rings. The van der Waals surface area contributed by atoms with Gasteiger partial charge >= 0.3 is 11.9 Å². The third kappa shape index (κ3) is 4.12. The van der Waals surface area contributed by atoms with Crippen LogP contribution < -0.4 is 15.3 Å². The SMILES string of the molecule is COc1ccncc1-c1cc2c(cnn2-c2cc3c(c(N4CCC(O)(C(F)(F)F)CC4)n2)n(C)c(=O)n3C)c(C)n1. The molecule has 1 fully saturated rings. The standard InChI is InChI=1S/C27H27F3N8O3/c1-15-16-14-32-38(19(16)11-18(33-15)17-13-31-8-5-21(17)41-4)22-12-20-23(36(3)25(39)35(20)2)24(34-22)37-9-6-26(40,7-10-37)27(28,29)30/h5,8,11-14,40H,6-7,9-10H2,1-4H3. The number of anilines is 1. The van der Waals surface area contributed by atoms with Crippen LogP contribution in [0.3, 0.4) is 0 Å². The van der Waals surface area contributed by atoms with E-state index < -0.39 is 24.6 Å². The lowest BCUT2D eigenvalue weighted by molar-refractivity contribution is -0.266. The maximum absolute atomic E-state index is 13.5. The van der Waals surface area contributed by atoms with Crippen LogP contribution in [0.1, 0.15) is 18.5 Å². The van der Waals surface area contributed by atoms with Crippen molar-refractivity contribution in [2.24, 2.45) is 14.1 Å². The van der Waals surface area contributed by atoms with Gasteiger partial charge in [0.25, 0.3) is 0 Å². The summed E-state index contributed by atoms with van der Waals surface area (Å²) in [5.74, 6) is 1.31. The van der Waals surface area contributed by atoms with Crippen LogP contribution in [0.4, 0.5) is 19.0 Å². The Labute approximate surface area is 231 Å². The van der Waals surface area contributed by atoms with E-state index in [4.69, 9.17) is 14.7 Å². The Balaban J connectivity index is 1.53. The van der Waals surface area contributed by atoms with Gasteiger partial charge in [0.2, 0.25) is 0 Å². The van der Waals surface area contributed by atoms with E-state index in [0.717, 1.165) is 5.39 Å². The van der Waals surface area contributed by atoms with Gasteiger partial charge in [-0.25, -0.2) is 14.5 Å². The number of methoxy groups -OCH3 is 1. The Morgan fingerprint density at radius 3 is 2.46 bits per heavy atom. The first-order valence-electron chi connectivity index (χ1n) is 12.9. The lowest BCUT2D eigenvalue weighted by Gasteiger charge is -2.39. The molecule has 0 amide bonds. The van der Waals surface area contributed by atoms with Gasteiger partial charge in [0.15, 0.2) is 17.2 Å². The fourth-order valence-corrected chi connectivity index (χ4v) is 5.45. The second-order valence-electron chi connectivity index (χ2n) is 10.2. The van der Waals surface area contributed by atoms with Gasteiger partial charge in [-0.1, -0.05) is 0 Å². The number of imidazole rings is 1. The predicted octanol–water partition coefficient (Wildman–Crippen LogP) is 3.28. The number of ether oxygens (including phenoxy) is 1. The van der Waals surface area contributed by atoms with Crippen molar-refractivity contribution in [2.45, 2.75) is 31.5 Å². The summed E-state index contributed by atoms with van der Waals surface area (Å²) < 4.78 is 50.5. The van der Waals surface area contributed by atoms with Crippen molar-refractivity contribution < 1.29 is 23.0 Å². The van der Waals surface area contributed by atoms with Crippen LogP contribution in [0.5, 0.6) is 5.75 Å². The number of halogens is 3. The normalized spacial score (nSPS) is 15.7. The number of hydrogen-bond acceptors (Lipinski definition) is 8. The second-order valence-corrected chi connectivity index (χ2v) is 10.2. The molecule has 6 heterocycles. The molecule has 1 N–H and O–H groups in total. The highest BCUT2D eigenvalue weighted by Crippen LogP contribution is 2.40. The molecule has 214 valence electrons. The minimum absolute atomic E-state index is 0.0987. The lowest BCUT2D eigenvalue weighted by atomic mass is 9.91. The van der Waals surface area contributed by atoms with Gasteiger partial charge in [-0.15, -0.1) is 0 Å². The molecule has 1 aliphatic rings. The van der Waals surface area contributed by atoms with Crippen LogP contribution >= 0.6 is 0 Å². The number of hydrogen-bond donors (Lipinski definition) is 1. The quantitative estimate of drug-likeness (QED) is 0.351. The fraction of sp³-hybridized carbons (Fsp3) is 0.370. The summed E-state index contributed by atoms with van der Waals surface area (Å²) in [5, 5.41) is 15.6. The van der Waals surface area contributed by atoms with Crippen LogP contribution in [0.15, 0.2) is 41.6 Å². The summed E-state index contributed by atoms with van der Waals surface area (Å²) in [4.78, 5) is 28.4. The fourth-order valence-electron chi connectivity index (χ4n) is 5.45. The summed E-state index contributed by atoms with van der Waals surface area (Å²) in [7, 11) is 4.78. The number of aliphatic hydroxyl groups is 1. The Kier molecular flexibility index (Phi) is 6.06. The minimum atomic E-state index is -4.74. The summed E-state index contributed by atoms with van der Waals surface area (Å²) >= 11 is 0. The molecular formula is C27H27F3N8O3. The van der Waals surface area contributed by atoms with Crippen LogP contribution in [-0.4, -0.2) is 70.9 Å². The van der Waals surface area contributed by atoms with E-state index in [-0.39, 0.29) is 18.8 Å². The van der Waals surface area contributed by atoms with E-state index in [0.29, 0.717) is 50.9 Å². The molecule has 0 atom stereocenters. The largest absolute Gasteiger partial charge is 0.496 e. The van der Waals surface area contributed by atoms with Gasteiger partial charge in [0.1, 0.15) is 11.3 Å². The van der Waals surface area contributed by atoms with Gasteiger partial charge < -0.3 is 14.7 Å². The van der Waals surface area contributed by atoms with Crippen molar-refractivity contribution >= 4 is 27.8 Å². The Bertz CT molecular complexity index is 1870. The molecule has 41 heavy (non-hydrogen) atoms. The van der Waals surface area contributed by atoms with E-state index in [9.17, 15) is 23.1 Å². The minimum Gasteiger partial charge on any atom is -0.496 e. The highest BCUT2D eigenvalue weighted by Gasteiger charge is 2.54. The number of nitrogens with zero attached hydrogens (tertiary/aromatic N) is 8. The number of rotatable bonds is 4. The summed E-state index contributed by atoms with van der Waals surface area (Å²) in [6, 6.07) is 5.31. The molecule has 0 aliphatic carbocycles. The van der Waals surface area contributed by atoms with E-state index in [1.807, 2.05) is 13.0 Å². The molecule has 0 unspecified atom stereocenters. The zero-order chi connectivity index (χ0) is 29.3. The second kappa shape index (κ2) is 9.29. The molecule has 0 radical (unpaired) electrons. The van der Waals surface area contributed by atoms with Crippen molar-refractivity contribution in [1.29, 1.82) is 0 Å².